The first kappa shape index (κ1) is 20.0. The van der Waals surface area contributed by atoms with Gasteiger partial charge in [-0.3, -0.25) is 0 Å². The third-order valence-corrected chi connectivity index (χ3v) is 4.16. The summed E-state index contributed by atoms with van der Waals surface area (Å²) in [6.07, 6.45) is 4.46. The molecule has 0 aliphatic heterocycles. The topological polar surface area (TPSA) is 3.88 Å². The maximum Gasteiger partial charge on any atom is 0.673 e. The van der Waals surface area contributed by atoms with E-state index in [1.54, 1.807) is 0 Å². The maximum atomic E-state index is 9.75. The Morgan fingerprint density at radius 3 is 1.96 bits per heavy atom. The van der Waals surface area contributed by atoms with Crippen LogP contribution in [0.15, 0.2) is 60.8 Å². The van der Waals surface area contributed by atoms with Gasteiger partial charge in [0.25, 0.3) is 0 Å². The molecule has 26 heavy (non-hydrogen) atoms. The highest BCUT2D eigenvalue weighted by atomic mass is 19.5. The van der Waals surface area contributed by atoms with Crippen molar-refractivity contribution in [1.29, 1.82) is 0 Å². The van der Waals surface area contributed by atoms with Crippen molar-refractivity contribution in [2.75, 3.05) is 0 Å². The summed E-state index contributed by atoms with van der Waals surface area (Å²) >= 11 is 0. The van der Waals surface area contributed by atoms with E-state index >= 15 is 0 Å². The van der Waals surface area contributed by atoms with Crippen LogP contribution in [0.2, 0.25) is 0 Å². The number of aryl methyl sites for hydroxylation is 1. The fourth-order valence-corrected chi connectivity index (χ4v) is 3.19. The molecule has 0 aliphatic rings. The summed E-state index contributed by atoms with van der Waals surface area (Å²) in [6.45, 7) is 5.46. The van der Waals surface area contributed by atoms with Crippen LogP contribution in [-0.4, -0.2) is 7.25 Å². The summed E-state index contributed by atoms with van der Waals surface area (Å²) in [5.74, 6) is 0. The Morgan fingerprint density at radius 1 is 0.808 bits per heavy atom. The number of hydrogen-bond acceptors (Lipinski definition) is 0. The minimum Gasteiger partial charge on any atom is -0.418 e. The van der Waals surface area contributed by atoms with Gasteiger partial charge >= 0.3 is 7.25 Å². The fraction of sp³-hybridized carbons (Fsp3) is 0.250. The van der Waals surface area contributed by atoms with Crippen LogP contribution in [-0.2, 0) is 19.4 Å². The SMILES string of the molecule is CCc1c(CC)[n+](Cc2ccccc2)cc2ccccc12.F[B-](F)(F)F. The number of aromatic nitrogens is 1. The fourth-order valence-electron chi connectivity index (χ4n) is 3.19. The molecule has 0 fully saturated rings. The minimum absolute atomic E-state index is 0.946. The standard InChI is InChI=1S/C20H22N.BF4/c1-3-18-19-13-9-8-12-17(19)15-21(20(18)4-2)14-16-10-6-5-7-11-16;2-1(3,4)5/h5-13,15H,3-4,14H2,1-2H3;/q+1;-1. The second-order valence-electron chi connectivity index (χ2n) is 5.96. The van der Waals surface area contributed by atoms with Crippen LogP contribution in [0.1, 0.15) is 30.7 Å². The number of hydrogen-bond donors (Lipinski definition) is 0. The summed E-state index contributed by atoms with van der Waals surface area (Å²) in [5, 5.41) is 2.74. The van der Waals surface area contributed by atoms with E-state index in [4.69, 9.17) is 0 Å². The van der Waals surface area contributed by atoms with Crippen molar-refractivity contribution in [3.8, 4) is 0 Å². The van der Waals surface area contributed by atoms with Crippen LogP contribution in [0.3, 0.4) is 0 Å². The van der Waals surface area contributed by atoms with Crippen molar-refractivity contribution in [3.63, 3.8) is 0 Å². The molecule has 6 heteroatoms. The van der Waals surface area contributed by atoms with E-state index in [0.717, 1.165) is 19.4 Å². The van der Waals surface area contributed by atoms with Gasteiger partial charge in [0.05, 0.1) is 0 Å². The van der Waals surface area contributed by atoms with Gasteiger partial charge in [-0.15, -0.1) is 0 Å². The number of rotatable bonds is 4. The van der Waals surface area contributed by atoms with Crippen molar-refractivity contribution >= 4 is 18.0 Å². The van der Waals surface area contributed by atoms with Gasteiger partial charge in [-0.05, 0) is 17.9 Å². The molecule has 0 saturated carbocycles. The monoisotopic (exact) mass is 363 g/mol. The van der Waals surface area contributed by atoms with Gasteiger partial charge in [0, 0.05) is 22.9 Å². The highest BCUT2D eigenvalue weighted by Crippen LogP contribution is 2.21. The first-order chi connectivity index (χ1) is 12.3. The Balaban J connectivity index is 0.000000431. The summed E-state index contributed by atoms with van der Waals surface area (Å²) in [6, 6.07) is 19.4. The van der Waals surface area contributed by atoms with Gasteiger partial charge in [-0.2, -0.15) is 4.57 Å². The van der Waals surface area contributed by atoms with E-state index in [-0.39, 0.29) is 0 Å². The van der Waals surface area contributed by atoms with E-state index in [2.05, 4.69) is 79.2 Å². The molecule has 0 unspecified atom stereocenters. The van der Waals surface area contributed by atoms with Crippen molar-refractivity contribution < 1.29 is 21.8 Å². The summed E-state index contributed by atoms with van der Waals surface area (Å²) in [7, 11) is -6.00. The third kappa shape index (κ3) is 5.58. The van der Waals surface area contributed by atoms with E-state index in [9.17, 15) is 17.3 Å². The molecule has 0 atom stereocenters. The summed E-state index contributed by atoms with van der Waals surface area (Å²) in [5.41, 5.74) is 4.31. The molecule has 3 rings (SSSR count). The van der Waals surface area contributed by atoms with Crippen LogP contribution in [0.25, 0.3) is 10.8 Å². The molecular formula is C20H22BF4N. The lowest BCUT2D eigenvalue weighted by molar-refractivity contribution is -0.694. The smallest absolute Gasteiger partial charge is 0.418 e. The van der Waals surface area contributed by atoms with E-state index in [1.807, 2.05) is 0 Å². The van der Waals surface area contributed by atoms with Crippen LogP contribution >= 0.6 is 0 Å². The maximum absolute atomic E-state index is 9.75. The number of nitrogens with zero attached hydrogens (tertiary/aromatic N) is 1. The van der Waals surface area contributed by atoms with Gasteiger partial charge in [0.15, 0.2) is 18.4 Å². The Kier molecular flexibility index (Phi) is 6.78. The lowest BCUT2D eigenvalue weighted by Gasteiger charge is -2.11. The zero-order valence-electron chi connectivity index (χ0n) is 14.9. The third-order valence-electron chi connectivity index (χ3n) is 4.16. The number of pyridine rings is 1. The molecule has 138 valence electrons. The zero-order valence-corrected chi connectivity index (χ0v) is 14.9. The molecule has 1 aromatic heterocycles. The molecule has 0 saturated heterocycles. The van der Waals surface area contributed by atoms with Gasteiger partial charge in [-0.25, -0.2) is 0 Å². The van der Waals surface area contributed by atoms with Crippen molar-refractivity contribution in [3.05, 3.63) is 77.6 Å². The van der Waals surface area contributed by atoms with E-state index in [1.165, 1.54) is 27.6 Å². The van der Waals surface area contributed by atoms with Crippen molar-refractivity contribution in [2.45, 2.75) is 33.2 Å². The molecule has 0 spiro atoms. The Hall–Kier alpha value is -2.37. The van der Waals surface area contributed by atoms with Gasteiger partial charge in [-0.1, -0.05) is 62.4 Å². The number of benzene rings is 2. The highest BCUT2D eigenvalue weighted by Gasteiger charge is 2.20. The largest absolute Gasteiger partial charge is 0.673 e. The lowest BCUT2D eigenvalue weighted by Crippen LogP contribution is -2.39. The van der Waals surface area contributed by atoms with Crippen molar-refractivity contribution in [1.82, 2.24) is 0 Å². The first-order valence-electron chi connectivity index (χ1n) is 8.67. The lowest BCUT2D eigenvalue weighted by atomic mass is 10.00. The molecule has 0 N–H and O–H groups in total. The molecule has 0 radical (unpaired) electrons. The van der Waals surface area contributed by atoms with Crippen LogP contribution in [0.4, 0.5) is 17.3 Å². The molecule has 0 amide bonds. The van der Waals surface area contributed by atoms with Crippen LogP contribution in [0.5, 0.6) is 0 Å². The molecular weight excluding hydrogens is 341 g/mol. The minimum atomic E-state index is -6.00. The van der Waals surface area contributed by atoms with Gasteiger partial charge in [0.1, 0.15) is 0 Å². The average molecular weight is 363 g/mol. The second-order valence-corrected chi connectivity index (χ2v) is 5.96. The number of halogens is 4. The predicted molar refractivity (Wildman–Crippen MR) is 98.6 cm³/mol. The molecule has 1 nitrogen and oxygen atoms in total. The quantitative estimate of drug-likeness (QED) is 0.323. The normalized spacial score (nSPS) is 11.2. The molecule has 3 aromatic rings. The Labute approximate surface area is 151 Å². The van der Waals surface area contributed by atoms with Gasteiger partial charge in [0.2, 0.25) is 0 Å². The van der Waals surface area contributed by atoms with Crippen LogP contribution < -0.4 is 4.57 Å². The van der Waals surface area contributed by atoms with E-state index < -0.39 is 7.25 Å². The highest BCUT2D eigenvalue weighted by molar-refractivity contribution is 6.50. The average Bonchev–Trinajstić information content (AvgIpc) is 2.60. The molecule has 0 aliphatic carbocycles. The molecule has 1 heterocycles. The Bertz CT molecular complexity index is 842. The summed E-state index contributed by atoms with van der Waals surface area (Å²) < 4.78 is 41.4. The predicted octanol–water partition coefficient (Wildman–Crippen LogP) is 5.60. The van der Waals surface area contributed by atoms with E-state index in [0.29, 0.717) is 0 Å². The Morgan fingerprint density at radius 2 is 1.38 bits per heavy atom. The van der Waals surface area contributed by atoms with Gasteiger partial charge < -0.3 is 17.3 Å². The summed E-state index contributed by atoms with van der Waals surface area (Å²) in [4.78, 5) is 0. The van der Waals surface area contributed by atoms with Crippen LogP contribution in [0, 0.1) is 0 Å². The van der Waals surface area contributed by atoms with Crippen molar-refractivity contribution in [2.24, 2.45) is 0 Å². The molecule has 0 bridgehead atoms. The second kappa shape index (κ2) is 8.83. The molecule has 2 aromatic carbocycles. The number of fused-ring (bicyclic) bond motifs is 1. The first-order valence-corrected chi connectivity index (χ1v) is 8.67. The zero-order chi connectivity index (χ0) is 19.2.